The maximum absolute atomic E-state index is 6.06. The quantitative estimate of drug-likeness (QED) is 0.672. The lowest BCUT2D eigenvalue weighted by molar-refractivity contribution is -0.0773. The molecule has 2 rings (SSSR count). The predicted molar refractivity (Wildman–Crippen MR) is 51.8 cm³/mol. The lowest BCUT2D eigenvalue weighted by atomic mass is 9.46. The summed E-state index contributed by atoms with van der Waals surface area (Å²) < 4.78 is 0. The maximum atomic E-state index is 6.06. The highest BCUT2D eigenvalue weighted by molar-refractivity contribution is 5.07. The molecule has 2 atom stereocenters. The zero-order valence-corrected chi connectivity index (χ0v) is 8.34. The second-order valence-corrected chi connectivity index (χ2v) is 5.32. The van der Waals surface area contributed by atoms with Gasteiger partial charge in [-0.2, -0.15) is 0 Å². The first-order valence-corrected chi connectivity index (χ1v) is 5.40. The van der Waals surface area contributed by atoms with Crippen LogP contribution < -0.4 is 5.73 Å². The van der Waals surface area contributed by atoms with E-state index >= 15 is 0 Å². The monoisotopic (exact) mass is 167 g/mol. The molecule has 2 N–H and O–H groups in total. The van der Waals surface area contributed by atoms with Gasteiger partial charge in [0.25, 0.3) is 0 Å². The Balaban J connectivity index is 1.93. The third-order valence-corrected chi connectivity index (χ3v) is 4.02. The van der Waals surface area contributed by atoms with Crippen LogP contribution >= 0.6 is 0 Å². The first-order chi connectivity index (χ1) is 5.64. The third kappa shape index (κ3) is 1.10. The molecule has 0 aliphatic heterocycles. The average Bonchev–Trinajstić information content (AvgIpc) is 1.91. The molecule has 0 bridgehead atoms. The standard InChI is InChI=1S/C11H21N/c1-8(2)6-9-10(12)7-11(9)4-3-5-11/h8-10H,3-7,12H2,1-2H3. The molecule has 2 unspecified atom stereocenters. The Kier molecular flexibility index (Phi) is 1.95. The van der Waals surface area contributed by atoms with Gasteiger partial charge in [0.05, 0.1) is 0 Å². The first kappa shape index (κ1) is 8.55. The zero-order chi connectivity index (χ0) is 8.77. The lowest BCUT2D eigenvalue weighted by Gasteiger charge is -2.60. The van der Waals surface area contributed by atoms with Crippen LogP contribution in [0.5, 0.6) is 0 Å². The molecule has 12 heavy (non-hydrogen) atoms. The fourth-order valence-corrected chi connectivity index (χ4v) is 3.20. The summed E-state index contributed by atoms with van der Waals surface area (Å²) in [6, 6.07) is 0.535. The van der Waals surface area contributed by atoms with E-state index in [9.17, 15) is 0 Å². The van der Waals surface area contributed by atoms with Crippen molar-refractivity contribution in [2.75, 3.05) is 0 Å². The van der Waals surface area contributed by atoms with Gasteiger partial charge in [0.15, 0.2) is 0 Å². The van der Waals surface area contributed by atoms with E-state index in [4.69, 9.17) is 5.73 Å². The Bertz CT molecular complexity index is 170. The topological polar surface area (TPSA) is 26.0 Å². The van der Waals surface area contributed by atoms with Crippen LogP contribution in [-0.4, -0.2) is 6.04 Å². The van der Waals surface area contributed by atoms with Crippen molar-refractivity contribution >= 4 is 0 Å². The van der Waals surface area contributed by atoms with Gasteiger partial charge in [0.1, 0.15) is 0 Å². The number of nitrogens with two attached hydrogens (primary N) is 1. The van der Waals surface area contributed by atoms with E-state index in [1.165, 1.54) is 32.1 Å². The van der Waals surface area contributed by atoms with E-state index < -0.39 is 0 Å². The van der Waals surface area contributed by atoms with E-state index in [0.29, 0.717) is 6.04 Å². The second-order valence-electron chi connectivity index (χ2n) is 5.32. The molecule has 2 saturated carbocycles. The molecule has 0 heterocycles. The summed E-state index contributed by atoms with van der Waals surface area (Å²) in [5.41, 5.74) is 6.80. The van der Waals surface area contributed by atoms with Gasteiger partial charge in [0.2, 0.25) is 0 Å². The van der Waals surface area contributed by atoms with Gasteiger partial charge in [-0.1, -0.05) is 20.3 Å². The van der Waals surface area contributed by atoms with E-state index in [1.807, 2.05) is 0 Å². The summed E-state index contributed by atoms with van der Waals surface area (Å²) in [5, 5.41) is 0. The van der Waals surface area contributed by atoms with Crippen molar-refractivity contribution in [1.82, 2.24) is 0 Å². The van der Waals surface area contributed by atoms with Gasteiger partial charge in [-0.25, -0.2) is 0 Å². The molecule has 2 aliphatic rings. The van der Waals surface area contributed by atoms with Crippen LogP contribution in [0, 0.1) is 17.3 Å². The maximum Gasteiger partial charge on any atom is 0.00779 e. The van der Waals surface area contributed by atoms with Gasteiger partial charge in [-0.3, -0.25) is 0 Å². The largest absolute Gasteiger partial charge is 0.327 e. The highest BCUT2D eigenvalue weighted by Gasteiger charge is 2.54. The fourth-order valence-electron chi connectivity index (χ4n) is 3.20. The fraction of sp³-hybridized carbons (Fsp3) is 1.00. The van der Waals surface area contributed by atoms with Gasteiger partial charge in [-0.05, 0) is 42.9 Å². The van der Waals surface area contributed by atoms with E-state index in [0.717, 1.165) is 17.3 Å². The van der Waals surface area contributed by atoms with E-state index in [-0.39, 0.29) is 0 Å². The highest BCUT2D eigenvalue weighted by atomic mass is 14.8. The van der Waals surface area contributed by atoms with E-state index in [1.54, 1.807) is 0 Å². The van der Waals surface area contributed by atoms with Crippen molar-refractivity contribution in [3.8, 4) is 0 Å². The van der Waals surface area contributed by atoms with Crippen LogP contribution in [0.25, 0.3) is 0 Å². The van der Waals surface area contributed by atoms with Crippen molar-refractivity contribution in [2.45, 2.75) is 52.0 Å². The molecule has 2 aliphatic carbocycles. The molecule has 0 aromatic heterocycles. The summed E-state index contributed by atoms with van der Waals surface area (Å²) in [4.78, 5) is 0. The molecule has 0 aromatic rings. The molecule has 1 spiro atoms. The molecule has 2 fully saturated rings. The van der Waals surface area contributed by atoms with Gasteiger partial charge >= 0.3 is 0 Å². The Labute approximate surface area is 75.7 Å². The Hall–Kier alpha value is -0.0400. The number of rotatable bonds is 2. The molecule has 0 saturated heterocycles. The summed E-state index contributed by atoms with van der Waals surface area (Å²) in [7, 11) is 0. The van der Waals surface area contributed by atoms with Gasteiger partial charge in [-0.15, -0.1) is 0 Å². The van der Waals surface area contributed by atoms with E-state index in [2.05, 4.69) is 13.8 Å². The Morgan fingerprint density at radius 1 is 1.42 bits per heavy atom. The molecule has 0 aromatic carbocycles. The molecule has 1 nitrogen and oxygen atoms in total. The van der Waals surface area contributed by atoms with Crippen molar-refractivity contribution in [3.63, 3.8) is 0 Å². The van der Waals surface area contributed by atoms with Crippen LogP contribution in [0.3, 0.4) is 0 Å². The van der Waals surface area contributed by atoms with Crippen LogP contribution in [0.15, 0.2) is 0 Å². The second kappa shape index (κ2) is 2.73. The van der Waals surface area contributed by atoms with Gasteiger partial charge < -0.3 is 5.73 Å². The minimum absolute atomic E-state index is 0.535. The average molecular weight is 167 g/mol. The zero-order valence-electron chi connectivity index (χ0n) is 8.34. The van der Waals surface area contributed by atoms with Crippen molar-refractivity contribution in [1.29, 1.82) is 0 Å². The molecule has 1 heteroatoms. The molecular weight excluding hydrogens is 146 g/mol. The van der Waals surface area contributed by atoms with Crippen molar-refractivity contribution in [3.05, 3.63) is 0 Å². The smallest absolute Gasteiger partial charge is 0.00779 e. The summed E-state index contributed by atoms with van der Waals surface area (Å²) >= 11 is 0. The molecular formula is C11H21N. The molecule has 70 valence electrons. The van der Waals surface area contributed by atoms with Crippen LogP contribution in [0.2, 0.25) is 0 Å². The normalized spacial score (nSPS) is 38.0. The minimum Gasteiger partial charge on any atom is -0.327 e. The minimum atomic E-state index is 0.535. The summed E-state index contributed by atoms with van der Waals surface area (Å²) in [6.45, 7) is 4.63. The lowest BCUT2D eigenvalue weighted by Crippen LogP contribution is -2.59. The van der Waals surface area contributed by atoms with Gasteiger partial charge in [0, 0.05) is 6.04 Å². The highest BCUT2D eigenvalue weighted by Crippen LogP contribution is 2.60. The summed E-state index contributed by atoms with van der Waals surface area (Å²) in [5.74, 6) is 1.70. The first-order valence-electron chi connectivity index (χ1n) is 5.40. The molecule has 0 radical (unpaired) electrons. The Morgan fingerprint density at radius 3 is 2.42 bits per heavy atom. The Morgan fingerprint density at radius 2 is 2.08 bits per heavy atom. The SMILES string of the molecule is CC(C)CC1C(N)CC12CCC2. The van der Waals surface area contributed by atoms with Crippen LogP contribution in [-0.2, 0) is 0 Å². The number of hydrogen-bond acceptors (Lipinski definition) is 1. The predicted octanol–water partition coefficient (Wildman–Crippen LogP) is 2.55. The van der Waals surface area contributed by atoms with Crippen molar-refractivity contribution < 1.29 is 0 Å². The number of hydrogen-bond donors (Lipinski definition) is 1. The van der Waals surface area contributed by atoms with Crippen LogP contribution in [0.1, 0.15) is 46.0 Å². The third-order valence-electron chi connectivity index (χ3n) is 4.02. The van der Waals surface area contributed by atoms with Crippen molar-refractivity contribution in [2.24, 2.45) is 23.0 Å². The van der Waals surface area contributed by atoms with Crippen LogP contribution in [0.4, 0.5) is 0 Å². The summed E-state index contributed by atoms with van der Waals surface area (Å²) in [6.07, 6.45) is 7.09. The molecule has 0 amide bonds.